The van der Waals surface area contributed by atoms with E-state index in [1.807, 2.05) is 30.3 Å². The zero-order valence-electron chi connectivity index (χ0n) is 15.6. The lowest BCUT2D eigenvalue weighted by Gasteiger charge is -2.19. The van der Waals surface area contributed by atoms with Crippen LogP contribution >= 0.6 is 0 Å². The van der Waals surface area contributed by atoms with Gasteiger partial charge in [0.15, 0.2) is 0 Å². The van der Waals surface area contributed by atoms with Gasteiger partial charge >= 0.3 is 6.18 Å². The molecular formula is C20H21F3N2O3S. The average molecular weight is 426 g/mol. The second-order valence-electron chi connectivity index (χ2n) is 7.21. The Labute approximate surface area is 167 Å². The first-order valence-corrected chi connectivity index (χ1v) is 10.6. The van der Waals surface area contributed by atoms with Crippen LogP contribution in [0.4, 0.5) is 13.2 Å². The Morgan fingerprint density at radius 3 is 2.21 bits per heavy atom. The van der Waals surface area contributed by atoms with Crippen LogP contribution in [0.3, 0.4) is 0 Å². The van der Waals surface area contributed by atoms with Gasteiger partial charge in [-0.3, -0.25) is 4.79 Å². The standard InChI is InChI=1S/C20H21F3N2O3S/c1-13-11-17(13)18(14-5-3-2-4-6-14)25-29(27,28)16-9-7-15(8-10-16)19(26)24-12-20(21,22)23/h2-10,13,17-18,25H,11-12H2,1H3,(H,24,26). The topological polar surface area (TPSA) is 75.3 Å². The fourth-order valence-corrected chi connectivity index (χ4v) is 4.46. The van der Waals surface area contributed by atoms with Crippen LogP contribution < -0.4 is 10.0 Å². The first kappa shape index (κ1) is 21.3. The highest BCUT2D eigenvalue weighted by Gasteiger charge is 2.42. The number of hydrogen-bond acceptors (Lipinski definition) is 3. The van der Waals surface area contributed by atoms with Gasteiger partial charge in [-0.25, -0.2) is 13.1 Å². The van der Waals surface area contributed by atoms with Crippen LogP contribution in [0.25, 0.3) is 0 Å². The molecule has 3 unspecified atom stereocenters. The first-order valence-electron chi connectivity index (χ1n) is 9.09. The maximum atomic E-state index is 12.8. The number of carbonyl (C=O) groups is 1. The molecule has 0 aliphatic heterocycles. The molecule has 0 bridgehead atoms. The minimum atomic E-state index is -4.52. The van der Waals surface area contributed by atoms with Gasteiger partial charge < -0.3 is 5.32 Å². The third-order valence-corrected chi connectivity index (χ3v) is 6.37. The molecule has 156 valence electrons. The van der Waals surface area contributed by atoms with E-state index in [1.165, 1.54) is 24.3 Å². The van der Waals surface area contributed by atoms with E-state index in [9.17, 15) is 26.4 Å². The van der Waals surface area contributed by atoms with Crippen LogP contribution in [0.1, 0.15) is 35.3 Å². The molecule has 9 heteroatoms. The monoisotopic (exact) mass is 426 g/mol. The Hall–Kier alpha value is -2.39. The van der Waals surface area contributed by atoms with Gasteiger partial charge in [-0.15, -0.1) is 0 Å². The molecule has 0 aromatic heterocycles. The van der Waals surface area contributed by atoms with Crippen LogP contribution in [-0.2, 0) is 10.0 Å². The number of sulfonamides is 1. The summed E-state index contributed by atoms with van der Waals surface area (Å²) in [7, 11) is -3.88. The van der Waals surface area contributed by atoms with Crippen LogP contribution in [-0.4, -0.2) is 27.0 Å². The van der Waals surface area contributed by atoms with Crippen molar-refractivity contribution < 1.29 is 26.4 Å². The van der Waals surface area contributed by atoms with Crippen molar-refractivity contribution in [2.45, 2.75) is 30.5 Å². The lowest BCUT2D eigenvalue weighted by Crippen LogP contribution is -2.33. The van der Waals surface area contributed by atoms with Crippen LogP contribution in [0, 0.1) is 11.8 Å². The highest BCUT2D eigenvalue weighted by atomic mass is 32.2. The molecule has 5 nitrogen and oxygen atoms in total. The number of amides is 1. The molecule has 0 heterocycles. The zero-order chi connectivity index (χ0) is 21.2. The summed E-state index contributed by atoms with van der Waals surface area (Å²) >= 11 is 0. The van der Waals surface area contributed by atoms with Crippen molar-refractivity contribution in [3.63, 3.8) is 0 Å². The van der Waals surface area contributed by atoms with Gasteiger partial charge in [0.2, 0.25) is 10.0 Å². The Morgan fingerprint density at radius 1 is 1.10 bits per heavy atom. The van der Waals surface area contributed by atoms with Crippen LogP contribution in [0.5, 0.6) is 0 Å². The summed E-state index contributed by atoms with van der Waals surface area (Å²) in [6.45, 7) is 0.606. The fraction of sp³-hybridized carbons (Fsp3) is 0.350. The second-order valence-corrected chi connectivity index (χ2v) is 8.92. The molecule has 3 rings (SSSR count). The highest BCUT2D eigenvalue weighted by molar-refractivity contribution is 7.89. The van der Waals surface area contributed by atoms with E-state index in [2.05, 4.69) is 11.6 Å². The van der Waals surface area contributed by atoms with E-state index >= 15 is 0 Å². The zero-order valence-corrected chi connectivity index (χ0v) is 16.4. The second kappa shape index (κ2) is 8.16. The van der Waals surface area contributed by atoms with Gasteiger partial charge in [-0.05, 0) is 48.1 Å². The van der Waals surface area contributed by atoms with E-state index in [1.54, 1.807) is 5.32 Å². The lowest BCUT2D eigenvalue weighted by atomic mass is 10.0. The molecule has 1 amide bonds. The third-order valence-electron chi connectivity index (χ3n) is 4.92. The summed E-state index contributed by atoms with van der Waals surface area (Å²) in [6.07, 6.45) is -3.60. The van der Waals surface area contributed by atoms with Crippen molar-refractivity contribution in [1.82, 2.24) is 10.0 Å². The number of hydrogen-bond donors (Lipinski definition) is 2. The fourth-order valence-electron chi connectivity index (χ4n) is 3.18. The quantitative estimate of drug-likeness (QED) is 0.710. The van der Waals surface area contributed by atoms with Crippen molar-refractivity contribution in [1.29, 1.82) is 0 Å². The average Bonchev–Trinajstić information content (AvgIpc) is 3.41. The highest BCUT2D eigenvalue weighted by Crippen LogP contribution is 2.47. The van der Waals surface area contributed by atoms with Crippen molar-refractivity contribution in [2.24, 2.45) is 11.8 Å². The Bertz CT molecular complexity index is 961. The number of carbonyl (C=O) groups excluding carboxylic acids is 1. The molecule has 1 fully saturated rings. The maximum absolute atomic E-state index is 12.8. The predicted octanol–water partition coefficient (Wildman–Crippen LogP) is 3.65. The molecule has 0 saturated heterocycles. The Kier molecular flexibility index (Phi) is 6.00. The molecule has 2 N–H and O–H groups in total. The molecule has 0 spiro atoms. The van der Waals surface area contributed by atoms with Crippen molar-refractivity contribution in [3.05, 3.63) is 65.7 Å². The van der Waals surface area contributed by atoms with Gasteiger partial charge in [-0.2, -0.15) is 13.2 Å². The number of rotatable bonds is 7. The number of benzene rings is 2. The van der Waals surface area contributed by atoms with E-state index in [0.717, 1.165) is 12.0 Å². The molecule has 2 aromatic carbocycles. The number of nitrogens with one attached hydrogen (secondary N) is 2. The summed E-state index contributed by atoms with van der Waals surface area (Å²) in [6, 6.07) is 13.7. The van der Waals surface area contributed by atoms with E-state index < -0.39 is 28.7 Å². The normalized spacial score (nSPS) is 20.1. The summed E-state index contributed by atoms with van der Waals surface area (Å²) in [5.74, 6) is -0.324. The van der Waals surface area contributed by atoms with Crippen molar-refractivity contribution in [3.8, 4) is 0 Å². The van der Waals surface area contributed by atoms with Crippen LogP contribution in [0.2, 0.25) is 0 Å². The van der Waals surface area contributed by atoms with E-state index in [-0.39, 0.29) is 22.4 Å². The molecule has 1 aliphatic rings. The van der Waals surface area contributed by atoms with Gasteiger partial charge in [0, 0.05) is 5.56 Å². The van der Waals surface area contributed by atoms with Gasteiger partial charge in [-0.1, -0.05) is 37.3 Å². The maximum Gasteiger partial charge on any atom is 0.405 e. The van der Waals surface area contributed by atoms with E-state index in [4.69, 9.17) is 0 Å². The smallest absolute Gasteiger partial charge is 0.343 e. The van der Waals surface area contributed by atoms with Crippen molar-refractivity contribution >= 4 is 15.9 Å². The predicted molar refractivity (Wildman–Crippen MR) is 102 cm³/mol. The molecular weight excluding hydrogens is 405 g/mol. The molecule has 29 heavy (non-hydrogen) atoms. The minimum Gasteiger partial charge on any atom is -0.343 e. The lowest BCUT2D eigenvalue weighted by molar-refractivity contribution is -0.123. The summed E-state index contributed by atoms with van der Waals surface area (Å²) in [5.41, 5.74) is 0.817. The molecule has 2 aromatic rings. The first-order chi connectivity index (χ1) is 13.6. The van der Waals surface area contributed by atoms with Crippen LogP contribution in [0.15, 0.2) is 59.5 Å². The SMILES string of the molecule is CC1CC1C(NS(=O)(=O)c1ccc(C(=O)NCC(F)(F)F)cc1)c1ccccc1. The molecule has 3 atom stereocenters. The Balaban J connectivity index is 1.74. The summed E-state index contributed by atoms with van der Waals surface area (Å²) < 4.78 is 65.0. The summed E-state index contributed by atoms with van der Waals surface area (Å²) in [4.78, 5) is 11.7. The third kappa shape index (κ3) is 5.57. The molecule has 0 radical (unpaired) electrons. The van der Waals surface area contributed by atoms with Gasteiger partial charge in [0.05, 0.1) is 10.9 Å². The largest absolute Gasteiger partial charge is 0.405 e. The molecule has 1 aliphatic carbocycles. The van der Waals surface area contributed by atoms with Crippen molar-refractivity contribution in [2.75, 3.05) is 6.54 Å². The van der Waals surface area contributed by atoms with E-state index in [0.29, 0.717) is 5.92 Å². The van der Waals surface area contributed by atoms with Gasteiger partial charge in [0.25, 0.3) is 5.91 Å². The Morgan fingerprint density at radius 2 is 1.69 bits per heavy atom. The van der Waals surface area contributed by atoms with Gasteiger partial charge in [0.1, 0.15) is 6.54 Å². The number of halogens is 3. The number of alkyl halides is 3. The minimum absolute atomic E-state index is 0.0522. The molecule has 1 saturated carbocycles. The summed E-state index contributed by atoms with van der Waals surface area (Å²) in [5, 5.41) is 1.75.